The number of halogens is 1. The second-order valence-electron chi connectivity index (χ2n) is 4.23. The van der Waals surface area contributed by atoms with Crippen LogP contribution in [0.4, 0.5) is 0 Å². The summed E-state index contributed by atoms with van der Waals surface area (Å²) in [6.07, 6.45) is 1.76. The topological polar surface area (TPSA) is 37.4 Å². The van der Waals surface area contributed by atoms with Gasteiger partial charge < -0.3 is 4.90 Å². The highest BCUT2D eigenvalue weighted by Gasteiger charge is 2.21. The third-order valence-electron chi connectivity index (χ3n) is 2.90. The van der Waals surface area contributed by atoms with Gasteiger partial charge in [0.05, 0.1) is 13.0 Å². The maximum atomic E-state index is 12.0. The molecule has 0 aromatic heterocycles. The quantitative estimate of drug-likeness (QED) is 0.839. The Morgan fingerprint density at radius 3 is 2.82 bits per heavy atom. The summed E-state index contributed by atoms with van der Waals surface area (Å²) >= 11 is 3.42. The molecule has 0 N–H and O–H groups in total. The van der Waals surface area contributed by atoms with Gasteiger partial charge in [0.25, 0.3) is 0 Å². The molecule has 0 atom stereocenters. The molecule has 1 aromatic rings. The fourth-order valence-electron chi connectivity index (χ4n) is 1.97. The maximum Gasteiger partial charge on any atom is 0.227 e. The Morgan fingerprint density at radius 2 is 2.12 bits per heavy atom. The zero-order chi connectivity index (χ0) is 12.3. The van der Waals surface area contributed by atoms with Crippen molar-refractivity contribution >= 4 is 27.6 Å². The summed E-state index contributed by atoms with van der Waals surface area (Å²) in [6.45, 7) is 0.984. The summed E-state index contributed by atoms with van der Waals surface area (Å²) in [7, 11) is 0. The Labute approximate surface area is 109 Å². The van der Waals surface area contributed by atoms with Gasteiger partial charge in [0.15, 0.2) is 5.78 Å². The Bertz CT molecular complexity index is 445. The van der Waals surface area contributed by atoms with Gasteiger partial charge in [-0.2, -0.15) is 0 Å². The number of piperidine rings is 1. The van der Waals surface area contributed by atoms with E-state index in [2.05, 4.69) is 15.9 Å². The fourth-order valence-corrected chi connectivity index (χ4v) is 2.39. The number of likely N-dealkylation sites (tertiary alicyclic amines) is 1. The molecule has 3 nitrogen and oxygen atoms in total. The Kier molecular flexibility index (Phi) is 3.94. The number of carbonyl (C=O) groups is 2. The normalized spacial score (nSPS) is 16.1. The van der Waals surface area contributed by atoms with E-state index in [0.717, 1.165) is 16.5 Å². The van der Waals surface area contributed by atoms with Crippen molar-refractivity contribution in [2.75, 3.05) is 13.1 Å². The lowest BCUT2D eigenvalue weighted by molar-refractivity contribution is -0.137. The molecule has 1 fully saturated rings. The van der Waals surface area contributed by atoms with Crippen molar-refractivity contribution in [2.24, 2.45) is 0 Å². The third kappa shape index (κ3) is 3.16. The van der Waals surface area contributed by atoms with Gasteiger partial charge in [-0.25, -0.2) is 0 Å². The molecule has 0 spiro atoms. The molecule has 0 unspecified atom stereocenters. The van der Waals surface area contributed by atoms with Crippen LogP contribution >= 0.6 is 15.9 Å². The number of benzene rings is 1. The summed E-state index contributed by atoms with van der Waals surface area (Å²) < 4.78 is 0.941. The summed E-state index contributed by atoms with van der Waals surface area (Å²) in [5.74, 6) is 0.196. The zero-order valence-electron chi connectivity index (χ0n) is 9.49. The average molecular weight is 296 g/mol. The molecule has 1 aromatic carbocycles. The lowest BCUT2D eigenvalue weighted by atomic mass is 10.1. The standard InChI is InChI=1S/C13H14BrNO2/c14-12-6-2-1-4-10(12)8-13(17)15-7-3-5-11(16)9-15/h1-2,4,6H,3,5,7-9H2. The van der Waals surface area contributed by atoms with Gasteiger partial charge in [-0.05, 0) is 18.1 Å². The molecule has 90 valence electrons. The predicted molar refractivity (Wildman–Crippen MR) is 68.7 cm³/mol. The number of ketones is 1. The summed E-state index contributed by atoms with van der Waals surface area (Å²) in [4.78, 5) is 25.0. The van der Waals surface area contributed by atoms with Crippen LogP contribution in [-0.4, -0.2) is 29.7 Å². The molecule has 1 amide bonds. The number of hydrogen-bond donors (Lipinski definition) is 0. The van der Waals surface area contributed by atoms with Gasteiger partial charge in [-0.3, -0.25) is 9.59 Å². The first-order valence-electron chi connectivity index (χ1n) is 5.69. The van der Waals surface area contributed by atoms with Crippen LogP contribution in [0.5, 0.6) is 0 Å². The van der Waals surface area contributed by atoms with Crippen LogP contribution in [0.3, 0.4) is 0 Å². The number of nitrogens with zero attached hydrogens (tertiary/aromatic N) is 1. The molecule has 0 aliphatic carbocycles. The molecule has 0 saturated carbocycles. The molecular formula is C13H14BrNO2. The molecular weight excluding hydrogens is 282 g/mol. The van der Waals surface area contributed by atoms with E-state index in [1.165, 1.54) is 0 Å². The van der Waals surface area contributed by atoms with E-state index in [4.69, 9.17) is 0 Å². The fraction of sp³-hybridized carbons (Fsp3) is 0.385. The predicted octanol–water partition coefficient (Wildman–Crippen LogP) is 2.18. The van der Waals surface area contributed by atoms with Gasteiger partial charge >= 0.3 is 0 Å². The van der Waals surface area contributed by atoms with Gasteiger partial charge in [-0.1, -0.05) is 34.1 Å². The van der Waals surface area contributed by atoms with E-state index >= 15 is 0 Å². The molecule has 0 radical (unpaired) electrons. The van der Waals surface area contributed by atoms with E-state index in [1.807, 2.05) is 24.3 Å². The first-order chi connectivity index (χ1) is 8.16. The smallest absolute Gasteiger partial charge is 0.227 e. The lowest BCUT2D eigenvalue weighted by Crippen LogP contribution is -2.40. The Morgan fingerprint density at radius 1 is 1.35 bits per heavy atom. The van der Waals surface area contributed by atoms with E-state index in [9.17, 15) is 9.59 Å². The van der Waals surface area contributed by atoms with Crippen LogP contribution < -0.4 is 0 Å². The molecule has 1 aliphatic heterocycles. The second kappa shape index (κ2) is 5.45. The SMILES string of the molecule is O=C1CCCN(C(=O)Cc2ccccc2Br)C1. The number of amides is 1. The van der Waals surface area contributed by atoms with Crippen LogP contribution in [0.1, 0.15) is 18.4 Å². The molecule has 17 heavy (non-hydrogen) atoms. The number of Topliss-reactive ketones (excluding diaryl/α,β-unsaturated/α-hetero) is 1. The number of hydrogen-bond acceptors (Lipinski definition) is 2. The van der Waals surface area contributed by atoms with Gasteiger partial charge in [0, 0.05) is 17.4 Å². The number of rotatable bonds is 2. The highest BCUT2D eigenvalue weighted by molar-refractivity contribution is 9.10. The average Bonchev–Trinajstić information content (AvgIpc) is 2.32. The monoisotopic (exact) mass is 295 g/mol. The minimum Gasteiger partial charge on any atom is -0.335 e. The van der Waals surface area contributed by atoms with Crippen molar-refractivity contribution in [2.45, 2.75) is 19.3 Å². The second-order valence-corrected chi connectivity index (χ2v) is 5.08. The first-order valence-corrected chi connectivity index (χ1v) is 6.49. The van der Waals surface area contributed by atoms with E-state index in [-0.39, 0.29) is 18.2 Å². The largest absolute Gasteiger partial charge is 0.335 e. The highest BCUT2D eigenvalue weighted by atomic mass is 79.9. The summed E-state index contributed by atoms with van der Waals surface area (Å²) in [5, 5.41) is 0. The van der Waals surface area contributed by atoms with E-state index in [1.54, 1.807) is 4.90 Å². The van der Waals surface area contributed by atoms with Gasteiger partial charge in [0.1, 0.15) is 0 Å². The van der Waals surface area contributed by atoms with Crippen LogP contribution in [0.2, 0.25) is 0 Å². The molecule has 1 saturated heterocycles. The minimum atomic E-state index is 0.0324. The molecule has 1 heterocycles. The highest BCUT2D eigenvalue weighted by Crippen LogP contribution is 2.17. The molecule has 0 bridgehead atoms. The van der Waals surface area contributed by atoms with Crippen LogP contribution in [0.25, 0.3) is 0 Å². The van der Waals surface area contributed by atoms with Crippen LogP contribution in [0.15, 0.2) is 28.7 Å². The summed E-state index contributed by atoms with van der Waals surface area (Å²) in [5.41, 5.74) is 0.968. The Balaban J connectivity index is 2.02. The van der Waals surface area contributed by atoms with Crippen molar-refractivity contribution < 1.29 is 9.59 Å². The van der Waals surface area contributed by atoms with Crippen molar-refractivity contribution in [3.05, 3.63) is 34.3 Å². The van der Waals surface area contributed by atoms with Crippen molar-refractivity contribution in [1.29, 1.82) is 0 Å². The third-order valence-corrected chi connectivity index (χ3v) is 3.68. The first kappa shape index (κ1) is 12.3. The van der Waals surface area contributed by atoms with E-state index < -0.39 is 0 Å². The van der Waals surface area contributed by atoms with Gasteiger partial charge in [0.2, 0.25) is 5.91 Å². The van der Waals surface area contributed by atoms with Crippen LogP contribution in [-0.2, 0) is 16.0 Å². The lowest BCUT2D eigenvalue weighted by Gasteiger charge is -2.26. The molecule has 4 heteroatoms. The molecule has 1 aliphatic rings. The van der Waals surface area contributed by atoms with Crippen molar-refractivity contribution in [1.82, 2.24) is 4.90 Å². The minimum absolute atomic E-state index is 0.0324. The molecule has 2 rings (SSSR count). The summed E-state index contributed by atoms with van der Waals surface area (Å²) in [6, 6.07) is 7.68. The van der Waals surface area contributed by atoms with Crippen molar-refractivity contribution in [3.8, 4) is 0 Å². The Hall–Kier alpha value is -1.16. The maximum absolute atomic E-state index is 12.0. The van der Waals surface area contributed by atoms with Crippen LogP contribution in [0, 0.1) is 0 Å². The van der Waals surface area contributed by atoms with Gasteiger partial charge in [-0.15, -0.1) is 0 Å². The zero-order valence-corrected chi connectivity index (χ0v) is 11.1. The van der Waals surface area contributed by atoms with Crippen molar-refractivity contribution in [3.63, 3.8) is 0 Å². The number of carbonyl (C=O) groups excluding carboxylic acids is 2. The van der Waals surface area contributed by atoms with E-state index in [0.29, 0.717) is 19.4 Å².